The molecule has 4 heteroatoms. The van der Waals surface area contributed by atoms with E-state index in [2.05, 4.69) is 51.3 Å². The van der Waals surface area contributed by atoms with Crippen molar-refractivity contribution in [2.24, 2.45) is 0 Å². The van der Waals surface area contributed by atoms with Crippen LogP contribution in [-0.2, 0) is 13.1 Å². The summed E-state index contributed by atoms with van der Waals surface area (Å²) in [5.41, 5.74) is 3.60. The zero-order valence-electron chi connectivity index (χ0n) is 12.4. The quantitative estimate of drug-likeness (QED) is 0.756. The van der Waals surface area contributed by atoms with Crippen LogP contribution in [0, 0.1) is 11.3 Å². The van der Waals surface area contributed by atoms with Crippen LogP contribution in [0.4, 0.5) is 0 Å². The maximum atomic E-state index is 8.89. The molecular weight excluding hydrogens is 272 g/mol. The van der Waals surface area contributed by atoms with E-state index in [0.717, 1.165) is 25.2 Å². The Kier molecular flexibility index (Phi) is 4.47. The molecule has 0 radical (unpaired) electrons. The molecule has 0 aliphatic rings. The minimum Gasteiger partial charge on any atom is -0.361 e. The fourth-order valence-corrected chi connectivity index (χ4v) is 2.70. The number of nitriles is 1. The van der Waals surface area contributed by atoms with Crippen LogP contribution in [0.2, 0.25) is 0 Å². The van der Waals surface area contributed by atoms with E-state index < -0.39 is 0 Å². The van der Waals surface area contributed by atoms with E-state index in [1.54, 1.807) is 6.20 Å². The highest BCUT2D eigenvalue weighted by molar-refractivity contribution is 5.82. The van der Waals surface area contributed by atoms with Crippen molar-refractivity contribution >= 4 is 10.9 Å². The first kappa shape index (κ1) is 14.3. The van der Waals surface area contributed by atoms with Crippen LogP contribution >= 0.6 is 0 Å². The van der Waals surface area contributed by atoms with Crippen LogP contribution in [0.5, 0.6) is 0 Å². The first-order valence-corrected chi connectivity index (χ1v) is 7.40. The average molecular weight is 290 g/mol. The summed E-state index contributed by atoms with van der Waals surface area (Å²) in [5, 5.41) is 10.1. The normalized spacial score (nSPS) is 10.9. The van der Waals surface area contributed by atoms with Crippen molar-refractivity contribution in [1.82, 2.24) is 14.9 Å². The Labute approximate surface area is 130 Å². The molecule has 3 aromatic rings. The Morgan fingerprint density at radius 3 is 2.91 bits per heavy atom. The van der Waals surface area contributed by atoms with Crippen LogP contribution < -0.4 is 0 Å². The Balaban J connectivity index is 1.80. The molecular formula is C18H18N4. The smallest absolute Gasteiger partial charge is 0.0635 e. The highest BCUT2D eigenvalue weighted by Crippen LogP contribution is 2.20. The Hall–Kier alpha value is -2.64. The van der Waals surface area contributed by atoms with Crippen LogP contribution in [-0.4, -0.2) is 21.4 Å². The molecule has 0 unspecified atom stereocenters. The molecule has 3 rings (SSSR count). The fraction of sp³-hybridized carbons (Fsp3) is 0.222. The lowest BCUT2D eigenvalue weighted by atomic mass is 10.1. The molecule has 4 nitrogen and oxygen atoms in total. The van der Waals surface area contributed by atoms with Gasteiger partial charge in [-0.25, -0.2) is 0 Å². The second-order valence-corrected chi connectivity index (χ2v) is 5.34. The number of hydrogen-bond donors (Lipinski definition) is 1. The van der Waals surface area contributed by atoms with E-state index in [1.807, 2.05) is 18.5 Å². The molecule has 22 heavy (non-hydrogen) atoms. The highest BCUT2D eigenvalue weighted by atomic mass is 15.1. The molecule has 0 amide bonds. The van der Waals surface area contributed by atoms with Gasteiger partial charge in [0.15, 0.2) is 0 Å². The van der Waals surface area contributed by atoms with Gasteiger partial charge >= 0.3 is 0 Å². The first-order valence-electron chi connectivity index (χ1n) is 7.40. The van der Waals surface area contributed by atoms with Crippen LogP contribution in [0.3, 0.4) is 0 Å². The molecule has 2 heterocycles. The number of nitrogens with one attached hydrogen (secondary N) is 1. The minimum absolute atomic E-state index is 0.531. The van der Waals surface area contributed by atoms with Gasteiger partial charge in [-0.15, -0.1) is 0 Å². The summed E-state index contributed by atoms with van der Waals surface area (Å²) in [7, 11) is 0. The van der Waals surface area contributed by atoms with E-state index in [1.165, 1.54) is 16.5 Å². The lowest BCUT2D eigenvalue weighted by molar-refractivity contribution is 0.263. The van der Waals surface area contributed by atoms with Crippen molar-refractivity contribution in [2.45, 2.75) is 19.5 Å². The summed E-state index contributed by atoms with van der Waals surface area (Å²) in [6, 6.07) is 14.7. The van der Waals surface area contributed by atoms with E-state index in [0.29, 0.717) is 6.42 Å². The summed E-state index contributed by atoms with van der Waals surface area (Å²) in [6.45, 7) is 2.38. The summed E-state index contributed by atoms with van der Waals surface area (Å²) in [6.07, 6.45) is 6.16. The Morgan fingerprint density at radius 2 is 2.09 bits per heavy atom. The zero-order valence-corrected chi connectivity index (χ0v) is 12.4. The number of H-pyrrole nitrogens is 1. The zero-order chi connectivity index (χ0) is 15.2. The molecule has 110 valence electrons. The van der Waals surface area contributed by atoms with E-state index in [4.69, 9.17) is 5.26 Å². The minimum atomic E-state index is 0.531. The largest absolute Gasteiger partial charge is 0.361 e. The molecule has 2 aromatic heterocycles. The van der Waals surface area contributed by atoms with Crippen LogP contribution in [0.25, 0.3) is 10.9 Å². The van der Waals surface area contributed by atoms with Crippen molar-refractivity contribution < 1.29 is 0 Å². The van der Waals surface area contributed by atoms with Gasteiger partial charge in [0.05, 0.1) is 6.07 Å². The second kappa shape index (κ2) is 6.88. The Morgan fingerprint density at radius 1 is 1.14 bits per heavy atom. The fourth-order valence-electron chi connectivity index (χ4n) is 2.70. The van der Waals surface area contributed by atoms with E-state index in [-0.39, 0.29) is 0 Å². The number of fused-ring (bicyclic) bond motifs is 1. The molecule has 0 bridgehead atoms. The summed E-state index contributed by atoms with van der Waals surface area (Å²) in [5.74, 6) is 0. The predicted molar refractivity (Wildman–Crippen MR) is 86.9 cm³/mol. The second-order valence-electron chi connectivity index (χ2n) is 5.34. The van der Waals surface area contributed by atoms with Gasteiger partial charge in [-0.2, -0.15) is 5.26 Å². The number of pyridine rings is 1. The Bertz CT molecular complexity index is 770. The van der Waals surface area contributed by atoms with Gasteiger partial charge in [-0.3, -0.25) is 9.88 Å². The molecule has 0 saturated carbocycles. The first-order chi connectivity index (χ1) is 10.9. The number of benzene rings is 1. The van der Waals surface area contributed by atoms with Gasteiger partial charge in [-0.1, -0.05) is 18.2 Å². The molecule has 1 aromatic carbocycles. The maximum absolute atomic E-state index is 8.89. The van der Waals surface area contributed by atoms with Crippen LogP contribution in [0.1, 0.15) is 17.5 Å². The molecule has 0 atom stereocenters. The lowest BCUT2D eigenvalue weighted by Crippen LogP contribution is -2.24. The SMILES string of the molecule is N#CCCN(Cc1cccnc1)Cc1cccc2[nH]ccc12. The van der Waals surface area contributed by atoms with Crippen molar-refractivity contribution in [3.05, 3.63) is 66.1 Å². The number of rotatable bonds is 6. The van der Waals surface area contributed by atoms with Gasteiger partial charge in [0, 0.05) is 55.5 Å². The van der Waals surface area contributed by atoms with Gasteiger partial charge < -0.3 is 4.98 Å². The van der Waals surface area contributed by atoms with Gasteiger partial charge in [0.25, 0.3) is 0 Å². The van der Waals surface area contributed by atoms with Crippen molar-refractivity contribution in [2.75, 3.05) is 6.54 Å². The maximum Gasteiger partial charge on any atom is 0.0635 e. The molecule has 0 fully saturated rings. The van der Waals surface area contributed by atoms with Crippen molar-refractivity contribution in [3.63, 3.8) is 0 Å². The summed E-state index contributed by atoms with van der Waals surface area (Å²) < 4.78 is 0. The summed E-state index contributed by atoms with van der Waals surface area (Å²) >= 11 is 0. The van der Waals surface area contributed by atoms with E-state index in [9.17, 15) is 0 Å². The molecule has 1 N–H and O–H groups in total. The molecule has 0 aliphatic heterocycles. The number of nitrogens with zero attached hydrogens (tertiary/aromatic N) is 3. The molecule has 0 spiro atoms. The summed E-state index contributed by atoms with van der Waals surface area (Å²) in [4.78, 5) is 9.71. The van der Waals surface area contributed by atoms with Crippen LogP contribution in [0.15, 0.2) is 55.0 Å². The standard InChI is InChI=1S/C18H18N4/c19-8-3-11-22(13-15-4-2-9-20-12-15)14-16-5-1-6-18-17(16)7-10-21-18/h1-2,4-7,9-10,12,21H,3,11,13-14H2. The van der Waals surface area contributed by atoms with Gasteiger partial charge in [-0.05, 0) is 29.3 Å². The highest BCUT2D eigenvalue weighted by Gasteiger charge is 2.10. The lowest BCUT2D eigenvalue weighted by Gasteiger charge is -2.21. The topological polar surface area (TPSA) is 55.7 Å². The van der Waals surface area contributed by atoms with Crippen molar-refractivity contribution in [3.8, 4) is 6.07 Å². The molecule has 0 saturated heterocycles. The van der Waals surface area contributed by atoms with Crippen molar-refractivity contribution in [1.29, 1.82) is 5.26 Å². The number of aromatic nitrogens is 2. The molecule has 0 aliphatic carbocycles. The number of aromatic amines is 1. The average Bonchev–Trinajstić information content (AvgIpc) is 3.03. The third-order valence-electron chi connectivity index (χ3n) is 3.75. The predicted octanol–water partition coefficient (Wildman–Crippen LogP) is 3.48. The third-order valence-corrected chi connectivity index (χ3v) is 3.75. The van der Waals surface area contributed by atoms with Gasteiger partial charge in [0.2, 0.25) is 0 Å². The monoisotopic (exact) mass is 290 g/mol. The third kappa shape index (κ3) is 3.33. The van der Waals surface area contributed by atoms with Gasteiger partial charge in [0.1, 0.15) is 0 Å². The number of hydrogen-bond acceptors (Lipinski definition) is 3. The van der Waals surface area contributed by atoms with E-state index >= 15 is 0 Å².